The van der Waals surface area contributed by atoms with E-state index in [2.05, 4.69) is 10.2 Å². The molecule has 0 spiro atoms. The van der Waals surface area contributed by atoms with E-state index in [9.17, 15) is 19.3 Å². The second-order valence-electron chi connectivity index (χ2n) is 5.19. The van der Waals surface area contributed by atoms with E-state index in [1.165, 1.54) is 12.1 Å². The largest absolute Gasteiger partial charge is 0.378 e. The van der Waals surface area contributed by atoms with E-state index in [-0.39, 0.29) is 11.6 Å². The van der Waals surface area contributed by atoms with Crippen molar-refractivity contribution in [2.24, 2.45) is 0 Å². The number of benzene rings is 1. The summed E-state index contributed by atoms with van der Waals surface area (Å²) in [5.41, 5.74) is 0.0511. The number of nitrogens with zero attached hydrogens (tertiary/aromatic N) is 3. The standard InChI is InChI=1S/C14H19FN4O3/c1-11(20)18-8-6-17(7-9-18)5-4-16-13-3-2-12(15)10-14(13)19(21)22/h2-3,10,16H,4-9H2,1H3. The summed E-state index contributed by atoms with van der Waals surface area (Å²) in [6.07, 6.45) is 0. The highest BCUT2D eigenvalue weighted by Crippen LogP contribution is 2.24. The maximum atomic E-state index is 13.0. The molecular formula is C14H19FN4O3. The number of amides is 1. The lowest BCUT2D eigenvalue weighted by Crippen LogP contribution is -2.49. The predicted octanol–water partition coefficient (Wildman–Crippen LogP) is 1.31. The molecule has 1 saturated heterocycles. The monoisotopic (exact) mass is 310 g/mol. The number of hydrogen-bond acceptors (Lipinski definition) is 5. The number of rotatable bonds is 5. The molecule has 8 heteroatoms. The third-order valence-corrected chi connectivity index (χ3v) is 3.72. The Balaban J connectivity index is 1.82. The van der Waals surface area contributed by atoms with Crippen molar-refractivity contribution in [1.82, 2.24) is 9.80 Å². The summed E-state index contributed by atoms with van der Waals surface area (Å²) in [5.74, 6) is -0.544. The van der Waals surface area contributed by atoms with E-state index in [1.807, 2.05) is 0 Å². The predicted molar refractivity (Wildman–Crippen MR) is 80.2 cm³/mol. The smallest absolute Gasteiger partial charge is 0.295 e. The van der Waals surface area contributed by atoms with Crippen LogP contribution in [0.15, 0.2) is 18.2 Å². The molecule has 7 nitrogen and oxygen atoms in total. The van der Waals surface area contributed by atoms with Crippen molar-refractivity contribution in [2.75, 3.05) is 44.6 Å². The van der Waals surface area contributed by atoms with E-state index in [1.54, 1.807) is 11.8 Å². The van der Waals surface area contributed by atoms with Gasteiger partial charge in [0.2, 0.25) is 5.91 Å². The number of halogens is 1. The highest BCUT2D eigenvalue weighted by molar-refractivity contribution is 5.73. The molecule has 22 heavy (non-hydrogen) atoms. The van der Waals surface area contributed by atoms with Gasteiger partial charge >= 0.3 is 0 Å². The van der Waals surface area contributed by atoms with Gasteiger partial charge < -0.3 is 10.2 Å². The molecule has 1 amide bonds. The molecule has 1 aliphatic rings. The van der Waals surface area contributed by atoms with Crippen LogP contribution in [0.4, 0.5) is 15.8 Å². The van der Waals surface area contributed by atoms with Gasteiger partial charge in [-0.1, -0.05) is 0 Å². The second-order valence-corrected chi connectivity index (χ2v) is 5.19. The van der Waals surface area contributed by atoms with Crippen molar-refractivity contribution < 1.29 is 14.1 Å². The fraction of sp³-hybridized carbons (Fsp3) is 0.500. The molecule has 2 rings (SSSR count). The average Bonchev–Trinajstić information content (AvgIpc) is 2.49. The van der Waals surface area contributed by atoms with Crippen LogP contribution in [-0.4, -0.2) is 59.9 Å². The van der Waals surface area contributed by atoms with E-state index in [4.69, 9.17) is 0 Å². The topological polar surface area (TPSA) is 78.7 Å². The summed E-state index contributed by atoms with van der Waals surface area (Å²) < 4.78 is 13.0. The number of carbonyl (C=O) groups is 1. The minimum absolute atomic E-state index is 0.0831. The van der Waals surface area contributed by atoms with Gasteiger partial charge in [-0.25, -0.2) is 4.39 Å². The first kappa shape index (κ1) is 16.2. The van der Waals surface area contributed by atoms with Gasteiger partial charge in [-0.05, 0) is 12.1 Å². The fourth-order valence-electron chi connectivity index (χ4n) is 2.44. The van der Waals surface area contributed by atoms with Crippen LogP contribution in [-0.2, 0) is 4.79 Å². The second kappa shape index (κ2) is 7.17. The molecular weight excluding hydrogens is 291 g/mol. The van der Waals surface area contributed by atoms with Gasteiger partial charge in [0.05, 0.1) is 11.0 Å². The summed E-state index contributed by atoms with van der Waals surface area (Å²) in [7, 11) is 0. The normalized spacial score (nSPS) is 15.6. The summed E-state index contributed by atoms with van der Waals surface area (Å²) >= 11 is 0. The number of carbonyl (C=O) groups excluding carboxylic acids is 1. The molecule has 0 unspecified atom stereocenters. The zero-order valence-corrected chi connectivity index (χ0v) is 12.4. The van der Waals surface area contributed by atoms with Gasteiger partial charge in [0.25, 0.3) is 5.69 Å². The van der Waals surface area contributed by atoms with Crippen LogP contribution >= 0.6 is 0 Å². The lowest BCUT2D eigenvalue weighted by molar-refractivity contribution is -0.384. The van der Waals surface area contributed by atoms with Crippen LogP contribution in [0.25, 0.3) is 0 Å². The zero-order valence-electron chi connectivity index (χ0n) is 12.4. The lowest BCUT2D eigenvalue weighted by atomic mass is 10.2. The quantitative estimate of drug-likeness (QED) is 0.655. The Labute approximate surface area is 127 Å². The maximum Gasteiger partial charge on any atom is 0.295 e. The Kier molecular flexibility index (Phi) is 5.26. The minimum atomic E-state index is -0.627. The number of hydrogen-bond donors (Lipinski definition) is 1. The Hall–Kier alpha value is -2.22. The molecule has 0 saturated carbocycles. The summed E-state index contributed by atoms with van der Waals surface area (Å²) in [5, 5.41) is 13.9. The molecule has 0 aliphatic carbocycles. The van der Waals surface area contributed by atoms with Gasteiger partial charge in [0, 0.05) is 46.2 Å². The van der Waals surface area contributed by atoms with Crippen LogP contribution < -0.4 is 5.32 Å². The summed E-state index contributed by atoms with van der Waals surface area (Å²) in [4.78, 5) is 25.5. The highest BCUT2D eigenvalue weighted by atomic mass is 19.1. The van der Waals surface area contributed by atoms with Crippen molar-refractivity contribution in [2.45, 2.75) is 6.92 Å². The van der Waals surface area contributed by atoms with Crippen molar-refractivity contribution >= 4 is 17.3 Å². The molecule has 0 bridgehead atoms. The molecule has 1 fully saturated rings. The van der Waals surface area contributed by atoms with Crippen LogP contribution in [0, 0.1) is 15.9 Å². The van der Waals surface area contributed by atoms with Gasteiger partial charge in [0.1, 0.15) is 11.5 Å². The van der Waals surface area contributed by atoms with E-state index >= 15 is 0 Å². The number of piperazine rings is 1. The third kappa shape index (κ3) is 4.14. The van der Waals surface area contributed by atoms with Crippen molar-refractivity contribution in [3.8, 4) is 0 Å². The molecule has 0 atom stereocenters. The van der Waals surface area contributed by atoms with E-state index in [0.717, 1.165) is 19.2 Å². The van der Waals surface area contributed by atoms with E-state index < -0.39 is 10.7 Å². The summed E-state index contributed by atoms with van der Waals surface area (Å²) in [6, 6.07) is 3.48. The minimum Gasteiger partial charge on any atom is -0.378 e. The molecule has 1 aromatic carbocycles. The molecule has 1 heterocycles. The third-order valence-electron chi connectivity index (χ3n) is 3.72. The number of anilines is 1. The molecule has 0 aromatic heterocycles. The van der Waals surface area contributed by atoms with Gasteiger partial charge in [0.15, 0.2) is 0 Å². The zero-order chi connectivity index (χ0) is 16.1. The number of nitrogens with one attached hydrogen (secondary N) is 1. The summed E-state index contributed by atoms with van der Waals surface area (Å²) in [6.45, 7) is 5.76. The Morgan fingerprint density at radius 3 is 2.64 bits per heavy atom. The first-order valence-electron chi connectivity index (χ1n) is 7.13. The molecule has 1 aromatic rings. The van der Waals surface area contributed by atoms with Gasteiger partial charge in [-0.3, -0.25) is 19.8 Å². The van der Waals surface area contributed by atoms with Gasteiger partial charge in [-0.2, -0.15) is 0 Å². The lowest BCUT2D eigenvalue weighted by Gasteiger charge is -2.34. The molecule has 0 radical (unpaired) electrons. The number of nitro groups is 1. The van der Waals surface area contributed by atoms with Crippen LogP contribution in [0.2, 0.25) is 0 Å². The molecule has 120 valence electrons. The van der Waals surface area contributed by atoms with E-state index in [0.29, 0.717) is 31.9 Å². The molecule has 1 aliphatic heterocycles. The van der Waals surface area contributed by atoms with Crippen molar-refractivity contribution in [1.29, 1.82) is 0 Å². The van der Waals surface area contributed by atoms with Crippen LogP contribution in [0.3, 0.4) is 0 Å². The average molecular weight is 310 g/mol. The van der Waals surface area contributed by atoms with Crippen molar-refractivity contribution in [3.63, 3.8) is 0 Å². The highest BCUT2D eigenvalue weighted by Gasteiger charge is 2.19. The van der Waals surface area contributed by atoms with Crippen LogP contribution in [0.5, 0.6) is 0 Å². The first-order chi connectivity index (χ1) is 10.5. The van der Waals surface area contributed by atoms with Crippen molar-refractivity contribution in [3.05, 3.63) is 34.1 Å². The SMILES string of the molecule is CC(=O)N1CCN(CCNc2ccc(F)cc2[N+](=O)[O-])CC1. The fourth-order valence-corrected chi connectivity index (χ4v) is 2.44. The number of nitro benzene ring substituents is 1. The first-order valence-corrected chi connectivity index (χ1v) is 7.13. The Bertz CT molecular complexity index is 559. The molecule has 1 N–H and O–H groups in total. The van der Waals surface area contributed by atoms with Gasteiger partial charge in [-0.15, -0.1) is 0 Å². The van der Waals surface area contributed by atoms with Crippen LogP contribution in [0.1, 0.15) is 6.92 Å². The Morgan fingerprint density at radius 1 is 1.36 bits per heavy atom. The maximum absolute atomic E-state index is 13.0. The Morgan fingerprint density at radius 2 is 2.05 bits per heavy atom.